The third-order valence-electron chi connectivity index (χ3n) is 1.41. The zero-order valence-electron chi connectivity index (χ0n) is 4.73. The van der Waals surface area contributed by atoms with E-state index in [-0.39, 0.29) is 6.04 Å². The smallest absolute Gasteiger partial charge is 0.0358 e. The van der Waals surface area contributed by atoms with Crippen molar-refractivity contribution in [2.45, 2.75) is 25.3 Å². The van der Waals surface area contributed by atoms with Gasteiger partial charge in [0.05, 0.1) is 0 Å². The van der Waals surface area contributed by atoms with Crippen LogP contribution in [-0.4, -0.2) is 6.04 Å². The van der Waals surface area contributed by atoms with E-state index in [4.69, 9.17) is 5.73 Å². The van der Waals surface area contributed by atoms with Crippen molar-refractivity contribution in [2.75, 3.05) is 0 Å². The van der Waals surface area contributed by atoms with Gasteiger partial charge < -0.3 is 5.73 Å². The van der Waals surface area contributed by atoms with Gasteiger partial charge in [0, 0.05) is 10.5 Å². The van der Waals surface area contributed by atoms with Crippen molar-refractivity contribution in [1.82, 2.24) is 0 Å². The molecule has 8 heavy (non-hydrogen) atoms. The van der Waals surface area contributed by atoms with Crippen LogP contribution in [-0.2, 0) is 0 Å². The first-order valence-electron chi connectivity index (χ1n) is 2.92. The molecule has 1 aliphatic carbocycles. The first-order chi connectivity index (χ1) is 3.80. The molecule has 0 radical (unpaired) electrons. The van der Waals surface area contributed by atoms with Gasteiger partial charge in [0.1, 0.15) is 0 Å². The Morgan fingerprint density at radius 1 is 1.75 bits per heavy atom. The maximum absolute atomic E-state index is 5.66. The molecule has 0 heterocycles. The standard InChI is InChI=1S/C6H10BrN/c7-5-3-1-2-4-6(5)8/h3,6H,1-2,4,8H2. The SMILES string of the molecule is NC1CCCC=C1Br. The summed E-state index contributed by atoms with van der Waals surface area (Å²) in [5, 5.41) is 0. The Labute approximate surface area is 58.1 Å². The van der Waals surface area contributed by atoms with Crippen molar-refractivity contribution >= 4 is 15.9 Å². The zero-order chi connectivity index (χ0) is 5.98. The molecule has 0 amide bonds. The Bertz CT molecular complexity index is 109. The fraction of sp³-hybridized carbons (Fsp3) is 0.667. The molecule has 0 fully saturated rings. The van der Waals surface area contributed by atoms with Gasteiger partial charge in [-0.25, -0.2) is 0 Å². The van der Waals surface area contributed by atoms with Crippen LogP contribution in [0.2, 0.25) is 0 Å². The lowest BCUT2D eigenvalue weighted by Gasteiger charge is -2.14. The van der Waals surface area contributed by atoms with Gasteiger partial charge in [-0.2, -0.15) is 0 Å². The van der Waals surface area contributed by atoms with Crippen LogP contribution in [0.25, 0.3) is 0 Å². The third-order valence-corrected chi connectivity index (χ3v) is 2.32. The van der Waals surface area contributed by atoms with Crippen molar-refractivity contribution in [1.29, 1.82) is 0 Å². The fourth-order valence-corrected chi connectivity index (χ4v) is 1.32. The van der Waals surface area contributed by atoms with Gasteiger partial charge >= 0.3 is 0 Å². The summed E-state index contributed by atoms with van der Waals surface area (Å²) in [6, 6.07) is 0.281. The number of nitrogens with two attached hydrogens (primary N) is 1. The lowest BCUT2D eigenvalue weighted by Crippen LogP contribution is -2.21. The summed E-state index contributed by atoms with van der Waals surface area (Å²) in [5.41, 5.74) is 5.66. The Morgan fingerprint density at radius 2 is 2.50 bits per heavy atom. The zero-order valence-corrected chi connectivity index (χ0v) is 6.32. The van der Waals surface area contributed by atoms with Crippen molar-refractivity contribution < 1.29 is 0 Å². The molecule has 2 N–H and O–H groups in total. The number of halogens is 1. The second-order valence-corrected chi connectivity index (χ2v) is 3.04. The van der Waals surface area contributed by atoms with E-state index in [9.17, 15) is 0 Å². The predicted octanol–water partition coefficient (Wildman–Crippen LogP) is 1.78. The third kappa shape index (κ3) is 1.33. The van der Waals surface area contributed by atoms with E-state index in [0.29, 0.717) is 0 Å². The maximum Gasteiger partial charge on any atom is 0.0358 e. The minimum absolute atomic E-state index is 0.281. The molecule has 1 atom stereocenters. The summed E-state index contributed by atoms with van der Waals surface area (Å²) < 4.78 is 1.18. The van der Waals surface area contributed by atoms with E-state index in [2.05, 4.69) is 22.0 Å². The molecule has 0 aromatic rings. The molecule has 0 aliphatic heterocycles. The summed E-state index contributed by atoms with van der Waals surface area (Å²) in [5.74, 6) is 0. The average molecular weight is 176 g/mol. The van der Waals surface area contributed by atoms with E-state index < -0.39 is 0 Å². The number of hydrogen-bond acceptors (Lipinski definition) is 1. The lowest BCUT2D eigenvalue weighted by molar-refractivity contribution is 0.639. The van der Waals surface area contributed by atoms with Crippen LogP contribution >= 0.6 is 15.9 Å². The largest absolute Gasteiger partial charge is 0.324 e. The Balaban J connectivity index is 2.53. The molecule has 1 aliphatic rings. The van der Waals surface area contributed by atoms with Crippen molar-refractivity contribution in [3.63, 3.8) is 0 Å². The van der Waals surface area contributed by atoms with Crippen molar-refractivity contribution in [2.24, 2.45) is 5.73 Å². The molecule has 0 saturated carbocycles. The normalized spacial score (nSPS) is 29.8. The number of allylic oxidation sites excluding steroid dienone is 1. The molecule has 1 rings (SSSR count). The second kappa shape index (κ2) is 2.65. The highest BCUT2D eigenvalue weighted by atomic mass is 79.9. The highest BCUT2D eigenvalue weighted by molar-refractivity contribution is 9.11. The van der Waals surface area contributed by atoms with E-state index in [1.54, 1.807) is 0 Å². The van der Waals surface area contributed by atoms with Crippen molar-refractivity contribution in [3.8, 4) is 0 Å². The van der Waals surface area contributed by atoms with Gasteiger partial charge in [-0.15, -0.1) is 0 Å². The fourth-order valence-electron chi connectivity index (χ4n) is 0.867. The highest BCUT2D eigenvalue weighted by Gasteiger charge is 2.08. The van der Waals surface area contributed by atoms with Gasteiger partial charge in [-0.1, -0.05) is 22.0 Å². The average Bonchev–Trinajstić information content (AvgIpc) is 1.77. The van der Waals surface area contributed by atoms with Gasteiger partial charge in [0.25, 0.3) is 0 Å². The molecule has 0 aromatic heterocycles. The summed E-state index contributed by atoms with van der Waals surface area (Å²) in [4.78, 5) is 0. The minimum Gasteiger partial charge on any atom is -0.324 e. The van der Waals surface area contributed by atoms with Crippen molar-refractivity contribution in [3.05, 3.63) is 10.6 Å². The second-order valence-electron chi connectivity index (χ2n) is 2.13. The Morgan fingerprint density at radius 3 is 2.88 bits per heavy atom. The van der Waals surface area contributed by atoms with Gasteiger partial charge in [0.2, 0.25) is 0 Å². The molecule has 1 nitrogen and oxygen atoms in total. The maximum atomic E-state index is 5.66. The lowest BCUT2D eigenvalue weighted by atomic mass is 10.0. The van der Waals surface area contributed by atoms with E-state index in [1.807, 2.05) is 0 Å². The van der Waals surface area contributed by atoms with Gasteiger partial charge in [-0.05, 0) is 19.3 Å². The number of rotatable bonds is 0. The molecule has 0 bridgehead atoms. The van der Waals surface area contributed by atoms with Crippen LogP contribution in [0.1, 0.15) is 19.3 Å². The van der Waals surface area contributed by atoms with Crippen LogP contribution in [0, 0.1) is 0 Å². The molecule has 1 unspecified atom stereocenters. The molecular formula is C6H10BrN. The molecule has 2 heteroatoms. The molecule has 0 saturated heterocycles. The highest BCUT2D eigenvalue weighted by Crippen LogP contribution is 2.20. The quantitative estimate of drug-likeness (QED) is 0.598. The van der Waals surface area contributed by atoms with Gasteiger partial charge in [-0.3, -0.25) is 0 Å². The summed E-state index contributed by atoms with van der Waals surface area (Å²) in [6.07, 6.45) is 5.73. The van der Waals surface area contributed by atoms with E-state index in [1.165, 1.54) is 17.3 Å². The summed E-state index contributed by atoms with van der Waals surface area (Å²) in [6.45, 7) is 0. The summed E-state index contributed by atoms with van der Waals surface area (Å²) in [7, 11) is 0. The Hall–Kier alpha value is 0.180. The van der Waals surface area contributed by atoms with Crippen LogP contribution in [0.5, 0.6) is 0 Å². The van der Waals surface area contributed by atoms with E-state index >= 15 is 0 Å². The van der Waals surface area contributed by atoms with Crippen LogP contribution in [0.4, 0.5) is 0 Å². The molecule has 46 valence electrons. The van der Waals surface area contributed by atoms with Crippen LogP contribution in [0.15, 0.2) is 10.6 Å². The first kappa shape index (κ1) is 6.30. The first-order valence-corrected chi connectivity index (χ1v) is 3.71. The predicted molar refractivity (Wildman–Crippen MR) is 38.8 cm³/mol. The number of hydrogen-bond donors (Lipinski definition) is 1. The van der Waals surface area contributed by atoms with Gasteiger partial charge in [0.15, 0.2) is 0 Å². The van der Waals surface area contributed by atoms with E-state index in [0.717, 1.165) is 6.42 Å². The summed E-state index contributed by atoms with van der Waals surface area (Å²) >= 11 is 3.39. The molecular weight excluding hydrogens is 166 g/mol. The topological polar surface area (TPSA) is 26.0 Å². The van der Waals surface area contributed by atoms with Crippen LogP contribution < -0.4 is 5.73 Å². The Kier molecular flexibility index (Phi) is 2.08. The monoisotopic (exact) mass is 175 g/mol. The minimum atomic E-state index is 0.281. The molecule has 0 aromatic carbocycles. The molecule has 0 spiro atoms. The van der Waals surface area contributed by atoms with Crippen LogP contribution in [0.3, 0.4) is 0 Å².